The number of nitrogens with zero attached hydrogens (tertiary/aromatic N) is 5. The van der Waals surface area contributed by atoms with Gasteiger partial charge in [0.2, 0.25) is 0 Å². The van der Waals surface area contributed by atoms with E-state index in [1.807, 2.05) is 12.2 Å². The van der Waals surface area contributed by atoms with Gasteiger partial charge in [-0.05, 0) is 152 Å². The van der Waals surface area contributed by atoms with E-state index in [1.54, 1.807) is 6.07 Å². The summed E-state index contributed by atoms with van der Waals surface area (Å²) in [5, 5.41) is 12.4. The van der Waals surface area contributed by atoms with Gasteiger partial charge in [0.05, 0.1) is 10.5 Å². The van der Waals surface area contributed by atoms with E-state index in [9.17, 15) is 14.9 Å². The molecule has 5 aliphatic heterocycles. The molecule has 61 heavy (non-hydrogen) atoms. The molecule has 0 aromatic heterocycles. The first-order valence-electron chi connectivity index (χ1n) is 22.3. The van der Waals surface area contributed by atoms with Crippen LogP contribution >= 0.6 is 0 Å². The van der Waals surface area contributed by atoms with Gasteiger partial charge in [0.25, 0.3) is 5.69 Å². The first-order valence-corrected chi connectivity index (χ1v) is 22.3. The van der Waals surface area contributed by atoms with Gasteiger partial charge in [-0.3, -0.25) is 10.1 Å². The van der Waals surface area contributed by atoms with Crippen LogP contribution in [0.15, 0.2) is 127 Å². The molecular weight excluding hydrogens is 759 g/mol. The van der Waals surface area contributed by atoms with Crippen LogP contribution in [0, 0.1) is 10.1 Å². The minimum atomic E-state index is -1.51. The van der Waals surface area contributed by atoms with E-state index in [0.717, 1.165) is 85.8 Å². The molecule has 310 valence electrons. The molecule has 0 bridgehead atoms. The molecule has 4 fully saturated rings. The Morgan fingerprint density at radius 3 is 1.10 bits per heavy atom. The molecule has 0 saturated carbocycles. The number of esters is 1. The zero-order valence-corrected chi connectivity index (χ0v) is 34.8. The van der Waals surface area contributed by atoms with Gasteiger partial charge >= 0.3 is 5.97 Å². The largest absolute Gasteiger partial charge is 0.442 e. The number of rotatable bonds is 11. The molecule has 4 saturated heterocycles. The van der Waals surface area contributed by atoms with Crippen molar-refractivity contribution in [2.45, 2.75) is 57.0 Å². The van der Waals surface area contributed by atoms with Gasteiger partial charge in [0.15, 0.2) is 5.60 Å². The van der Waals surface area contributed by atoms with Crippen molar-refractivity contribution >= 4 is 45.6 Å². The second kappa shape index (κ2) is 16.6. The standard InChI is InChI=1S/C52H53N5O4/c58-51-47-26-25-46(57(59)60)35-50(47)52(61-51,36-48(38-9-17-42(18-10-38)53-27-1-2-28-53)39-11-19-43(20-12-39)54-29-3-4-30-54)37-49(40-13-21-44(22-14-40)55-31-5-6-32-55)41-15-23-45(24-16-41)56-33-7-8-34-56/h9-26,35-37H,1-8,27-34H2. The molecule has 0 aliphatic carbocycles. The van der Waals surface area contributed by atoms with Crippen molar-refractivity contribution in [1.29, 1.82) is 0 Å². The lowest BCUT2D eigenvalue weighted by atomic mass is 9.83. The molecule has 5 heterocycles. The SMILES string of the molecule is O=C1OC(C=C(c2ccc(N3CCCC3)cc2)c2ccc(N3CCCC3)cc2)(C=C(c2ccc(N3CCCC3)cc2)c2ccc(N3CCCC3)cc2)c2cc([N+](=O)[O-])ccc21. The van der Waals surface area contributed by atoms with Gasteiger partial charge < -0.3 is 24.3 Å². The highest BCUT2D eigenvalue weighted by Gasteiger charge is 2.45. The maximum atomic E-state index is 14.2. The van der Waals surface area contributed by atoms with Gasteiger partial charge in [-0.15, -0.1) is 0 Å². The second-order valence-corrected chi connectivity index (χ2v) is 17.2. The molecule has 0 unspecified atom stereocenters. The minimum Gasteiger partial charge on any atom is -0.442 e. The van der Waals surface area contributed by atoms with Gasteiger partial charge in [-0.1, -0.05) is 48.5 Å². The average Bonchev–Trinajstić information content (AvgIpc) is 4.17. The van der Waals surface area contributed by atoms with Crippen LogP contribution in [0.1, 0.15) is 89.5 Å². The number of cyclic esters (lactones) is 1. The summed E-state index contributed by atoms with van der Waals surface area (Å²) < 4.78 is 6.67. The lowest BCUT2D eigenvalue weighted by Gasteiger charge is -2.27. The van der Waals surface area contributed by atoms with Gasteiger partial charge in [0.1, 0.15) is 0 Å². The molecule has 0 radical (unpaired) electrons. The summed E-state index contributed by atoms with van der Waals surface area (Å²) in [6.45, 7) is 8.34. The lowest BCUT2D eigenvalue weighted by molar-refractivity contribution is -0.385. The zero-order chi connectivity index (χ0) is 41.3. The fourth-order valence-electron chi connectivity index (χ4n) is 10.1. The summed E-state index contributed by atoms with van der Waals surface area (Å²) >= 11 is 0. The highest BCUT2D eigenvalue weighted by atomic mass is 16.6. The number of benzene rings is 5. The van der Waals surface area contributed by atoms with E-state index in [2.05, 4.69) is 117 Å². The van der Waals surface area contributed by atoms with Crippen molar-refractivity contribution < 1.29 is 14.5 Å². The van der Waals surface area contributed by atoms with E-state index >= 15 is 0 Å². The normalized spacial score (nSPS) is 18.1. The fraction of sp³-hybridized carbons (Fsp3) is 0.327. The molecular formula is C52H53N5O4. The Morgan fingerprint density at radius 1 is 0.492 bits per heavy atom. The van der Waals surface area contributed by atoms with Crippen LogP contribution in [0.3, 0.4) is 0 Å². The van der Waals surface area contributed by atoms with Crippen molar-refractivity contribution in [3.05, 3.63) is 171 Å². The summed E-state index contributed by atoms with van der Waals surface area (Å²) in [4.78, 5) is 35.9. The molecule has 10 rings (SSSR count). The molecule has 5 aliphatic rings. The maximum absolute atomic E-state index is 14.2. The third-order valence-corrected chi connectivity index (χ3v) is 13.4. The summed E-state index contributed by atoms with van der Waals surface area (Å²) in [6.07, 6.45) is 13.6. The number of non-ortho nitro benzene ring substituents is 1. The van der Waals surface area contributed by atoms with Crippen molar-refractivity contribution in [3.63, 3.8) is 0 Å². The van der Waals surface area contributed by atoms with Crippen LogP contribution in [-0.4, -0.2) is 63.3 Å². The summed E-state index contributed by atoms with van der Waals surface area (Å²) in [5.41, 5.74) is 9.51. The third kappa shape index (κ3) is 7.78. The lowest BCUT2D eigenvalue weighted by Crippen LogP contribution is -2.23. The van der Waals surface area contributed by atoms with E-state index in [1.165, 1.54) is 86.2 Å². The van der Waals surface area contributed by atoms with E-state index in [-0.39, 0.29) is 5.69 Å². The Balaban J connectivity index is 1.18. The van der Waals surface area contributed by atoms with Crippen molar-refractivity contribution in [2.24, 2.45) is 0 Å². The summed E-state index contributed by atoms with van der Waals surface area (Å²) in [5.74, 6) is -0.515. The van der Waals surface area contributed by atoms with E-state index in [0.29, 0.717) is 11.1 Å². The molecule has 9 heteroatoms. The quantitative estimate of drug-likeness (QED) is 0.0741. The molecule has 5 aromatic rings. The predicted molar refractivity (Wildman–Crippen MR) is 246 cm³/mol. The number of hydrogen-bond acceptors (Lipinski definition) is 8. The second-order valence-electron chi connectivity index (χ2n) is 17.2. The van der Waals surface area contributed by atoms with Crippen LogP contribution in [0.4, 0.5) is 28.4 Å². The zero-order valence-electron chi connectivity index (χ0n) is 34.8. The van der Waals surface area contributed by atoms with Crippen molar-refractivity contribution in [3.8, 4) is 0 Å². The molecule has 0 amide bonds. The predicted octanol–water partition coefficient (Wildman–Crippen LogP) is 10.6. The molecule has 0 N–H and O–H groups in total. The van der Waals surface area contributed by atoms with Crippen molar-refractivity contribution in [1.82, 2.24) is 0 Å². The Morgan fingerprint density at radius 2 is 0.803 bits per heavy atom. The topological polar surface area (TPSA) is 82.4 Å². The smallest absolute Gasteiger partial charge is 0.340 e. The average molecular weight is 812 g/mol. The Bertz CT molecular complexity index is 2200. The van der Waals surface area contributed by atoms with Crippen molar-refractivity contribution in [2.75, 3.05) is 72.0 Å². The molecule has 0 atom stereocenters. The van der Waals surface area contributed by atoms with E-state index in [4.69, 9.17) is 4.74 Å². The van der Waals surface area contributed by atoms with Gasteiger partial charge in [-0.25, -0.2) is 4.79 Å². The number of carbonyl (C=O) groups is 1. The van der Waals surface area contributed by atoms with Crippen LogP contribution in [0.5, 0.6) is 0 Å². The highest BCUT2D eigenvalue weighted by Crippen LogP contribution is 2.46. The summed E-state index contributed by atoms with van der Waals surface area (Å²) in [6, 6.07) is 39.2. The monoisotopic (exact) mass is 811 g/mol. The van der Waals surface area contributed by atoms with Crippen LogP contribution < -0.4 is 19.6 Å². The number of fused-ring (bicyclic) bond motifs is 1. The Hall–Kier alpha value is -6.35. The third-order valence-electron chi connectivity index (χ3n) is 13.4. The molecule has 0 spiro atoms. The van der Waals surface area contributed by atoms with Crippen LogP contribution in [0.2, 0.25) is 0 Å². The number of nitro benzene ring substituents is 1. The van der Waals surface area contributed by atoms with E-state index < -0.39 is 16.5 Å². The first-order chi connectivity index (χ1) is 29.9. The molecule has 9 nitrogen and oxygen atoms in total. The Kier molecular flexibility index (Phi) is 10.6. The maximum Gasteiger partial charge on any atom is 0.340 e. The number of nitro groups is 1. The van der Waals surface area contributed by atoms with Crippen LogP contribution in [0.25, 0.3) is 11.1 Å². The number of hydrogen-bond donors (Lipinski definition) is 0. The number of ether oxygens (including phenoxy) is 1. The minimum absolute atomic E-state index is 0.0961. The number of anilines is 4. The Labute approximate surface area is 358 Å². The summed E-state index contributed by atoms with van der Waals surface area (Å²) in [7, 11) is 0. The first kappa shape index (κ1) is 38.8. The van der Waals surface area contributed by atoms with Gasteiger partial charge in [-0.2, -0.15) is 0 Å². The number of carbonyl (C=O) groups excluding carboxylic acids is 1. The molecule has 5 aromatic carbocycles. The van der Waals surface area contributed by atoms with Crippen LogP contribution in [-0.2, 0) is 10.3 Å². The fourth-order valence-corrected chi connectivity index (χ4v) is 10.1. The highest BCUT2D eigenvalue weighted by molar-refractivity contribution is 5.98. The van der Waals surface area contributed by atoms with Gasteiger partial charge in [0, 0.05) is 92.8 Å².